The number of aromatic nitrogens is 1. The van der Waals surface area contributed by atoms with E-state index in [1.54, 1.807) is 0 Å². The summed E-state index contributed by atoms with van der Waals surface area (Å²) in [6, 6.07) is 16.3. The number of furan rings is 1. The smallest absolute Gasteiger partial charge is 0.253 e. The van der Waals surface area contributed by atoms with Crippen molar-refractivity contribution in [1.82, 2.24) is 14.8 Å². The lowest BCUT2D eigenvalue weighted by Crippen LogP contribution is -2.35. The van der Waals surface area contributed by atoms with E-state index >= 15 is 0 Å². The van der Waals surface area contributed by atoms with Crippen LogP contribution >= 0.6 is 0 Å². The SMILES string of the molecule is Cc1oc2ccc(C(=O)N3CCCCC3)cc2c1CCN(C)Cc1ccnc2ccccc12. The maximum atomic E-state index is 13.0. The van der Waals surface area contributed by atoms with Gasteiger partial charge >= 0.3 is 0 Å². The molecule has 4 aromatic rings. The fraction of sp³-hybridized carbons (Fsp3) is 0.357. The Morgan fingerprint density at radius 2 is 1.88 bits per heavy atom. The molecule has 1 amide bonds. The molecule has 5 heteroatoms. The van der Waals surface area contributed by atoms with Crippen molar-refractivity contribution in [3.63, 3.8) is 0 Å². The normalized spacial score (nSPS) is 14.5. The average molecular weight is 442 g/mol. The third-order valence-electron chi connectivity index (χ3n) is 6.81. The summed E-state index contributed by atoms with van der Waals surface area (Å²) in [5.41, 5.74) is 5.14. The van der Waals surface area contributed by atoms with Crippen molar-refractivity contribution in [3.8, 4) is 0 Å². The van der Waals surface area contributed by atoms with Gasteiger partial charge in [-0.15, -0.1) is 0 Å². The van der Waals surface area contributed by atoms with Gasteiger partial charge in [-0.1, -0.05) is 18.2 Å². The Kier molecular flexibility index (Phi) is 6.14. The van der Waals surface area contributed by atoms with Crippen molar-refractivity contribution in [2.45, 2.75) is 39.2 Å². The topological polar surface area (TPSA) is 49.6 Å². The highest BCUT2D eigenvalue weighted by molar-refractivity contribution is 5.98. The second-order valence-electron chi connectivity index (χ2n) is 9.18. The van der Waals surface area contributed by atoms with E-state index in [-0.39, 0.29) is 5.91 Å². The minimum atomic E-state index is 0.142. The Morgan fingerprint density at radius 3 is 2.73 bits per heavy atom. The van der Waals surface area contributed by atoms with E-state index < -0.39 is 0 Å². The van der Waals surface area contributed by atoms with Crippen LogP contribution in [0, 0.1) is 6.92 Å². The number of carbonyl (C=O) groups excluding carboxylic acids is 1. The summed E-state index contributed by atoms with van der Waals surface area (Å²) in [7, 11) is 2.15. The number of likely N-dealkylation sites (tertiary alicyclic amines) is 1. The van der Waals surface area contributed by atoms with Crippen LogP contribution in [0.1, 0.15) is 46.5 Å². The predicted molar refractivity (Wildman–Crippen MR) is 132 cm³/mol. The van der Waals surface area contributed by atoms with E-state index in [0.717, 1.165) is 73.3 Å². The Morgan fingerprint density at radius 1 is 1.06 bits per heavy atom. The Balaban J connectivity index is 1.32. The molecule has 0 radical (unpaired) electrons. The van der Waals surface area contributed by atoms with Gasteiger partial charge in [0.15, 0.2) is 0 Å². The average Bonchev–Trinajstić information content (AvgIpc) is 3.17. The van der Waals surface area contributed by atoms with E-state index in [9.17, 15) is 4.79 Å². The first kappa shape index (κ1) is 21.7. The van der Waals surface area contributed by atoms with Crippen molar-refractivity contribution in [2.24, 2.45) is 0 Å². The number of fused-ring (bicyclic) bond motifs is 2. The van der Waals surface area contributed by atoms with Crippen molar-refractivity contribution < 1.29 is 9.21 Å². The molecule has 2 aromatic carbocycles. The molecule has 33 heavy (non-hydrogen) atoms. The number of rotatable bonds is 6. The fourth-order valence-electron chi connectivity index (χ4n) is 4.96. The maximum absolute atomic E-state index is 13.0. The maximum Gasteiger partial charge on any atom is 0.253 e. The lowest BCUT2D eigenvalue weighted by molar-refractivity contribution is 0.0724. The van der Waals surface area contributed by atoms with Crippen LogP contribution in [0.5, 0.6) is 0 Å². The molecular weight excluding hydrogens is 410 g/mol. The Bertz CT molecular complexity index is 1280. The molecule has 0 aliphatic carbocycles. The number of benzene rings is 2. The number of piperidine rings is 1. The molecule has 2 aromatic heterocycles. The third kappa shape index (κ3) is 4.51. The van der Waals surface area contributed by atoms with Crippen LogP contribution in [-0.2, 0) is 13.0 Å². The van der Waals surface area contributed by atoms with Gasteiger partial charge in [0, 0.05) is 54.3 Å². The van der Waals surface area contributed by atoms with Crippen LogP contribution in [-0.4, -0.2) is 47.4 Å². The molecule has 0 bridgehead atoms. The van der Waals surface area contributed by atoms with E-state index in [1.165, 1.54) is 22.9 Å². The van der Waals surface area contributed by atoms with Gasteiger partial charge in [0.1, 0.15) is 11.3 Å². The van der Waals surface area contributed by atoms with E-state index in [1.807, 2.05) is 42.3 Å². The minimum Gasteiger partial charge on any atom is -0.461 e. The van der Waals surface area contributed by atoms with Gasteiger partial charge in [-0.2, -0.15) is 0 Å². The molecule has 0 spiro atoms. The second-order valence-corrected chi connectivity index (χ2v) is 9.18. The van der Waals surface area contributed by atoms with Crippen molar-refractivity contribution in [3.05, 3.63) is 77.2 Å². The van der Waals surface area contributed by atoms with Gasteiger partial charge in [0.25, 0.3) is 5.91 Å². The first-order valence-corrected chi connectivity index (χ1v) is 11.9. The summed E-state index contributed by atoms with van der Waals surface area (Å²) in [6.07, 6.45) is 6.18. The zero-order valence-electron chi connectivity index (χ0n) is 19.5. The monoisotopic (exact) mass is 441 g/mol. The lowest BCUT2D eigenvalue weighted by Gasteiger charge is -2.26. The summed E-state index contributed by atoms with van der Waals surface area (Å²) in [6.45, 7) is 5.51. The van der Waals surface area contributed by atoms with Crippen LogP contribution in [0.4, 0.5) is 0 Å². The third-order valence-corrected chi connectivity index (χ3v) is 6.81. The minimum absolute atomic E-state index is 0.142. The number of para-hydroxylation sites is 1. The van der Waals surface area contributed by atoms with Gasteiger partial charge < -0.3 is 14.2 Å². The molecule has 1 aliphatic heterocycles. The molecule has 170 valence electrons. The molecule has 0 atom stereocenters. The van der Waals surface area contributed by atoms with Crippen LogP contribution < -0.4 is 0 Å². The predicted octanol–water partition coefficient (Wildman–Crippen LogP) is 5.59. The molecule has 0 N–H and O–H groups in total. The summed E-state index contributed by atoms with van der Waals surface area (Å²) in [5.74, 6) is 1.08. The highest BCUT2D eigenvalue weighted by atomic mass is 16.3. The van der Waals surface area contributed by atoms with Crippen LogP contribution in [0.15, 0.2) is 59.1 Å². The van der Waals surface area contributed by atoms with Gasteiger partial charge in [-0.25, -0.2) is 0 Å². The van der Waals surface area contributed by atoms with Crippen LogP contribution in [0.2, 0.25) is 0 Å². The van der Waals surface area contributed by atoms with Crippen LogP contribution in [0.3, 0.4) is 0 Å². The molecule has 1 saturated heterocycles. The standard InChI is InChI=1S/C28H31N3O2/c1-20-23(13-17-30(2)19-22-12-14-29-26-9-5-4-8-24(22)26)25-18-21(10-11-27(25)33-20)28(32)31-15-6-3-7-16-31/h4-5,8-12,14,18H,3,6-7,13,15-17,19H2,1-2H3. The lowest BCUT2D eigenvalue weighted by atomic mass is 10.0. The number of nitrogens with zero attached hydrogens (tertiary/aromatic N) is 3. The fourth-order valence-corrected chi connectivity index (χ4v) is 4.96. The molecular formula is C28H31N3O2. The van der Waals surface area contributed by atoms with E-state index in [0.29, 0.717) is 0 Å². The number of amides is 1. The molecule has 1 fully saturated rings. The summed E-state index contributed by atoms with van der Waals surface area (Å²) in [5, 5.41) is 2.27. The van der Waals surface area contributed by atoms with Crippen molar-refractivity contribution >= 4 is 27.8 Å². The highest BCUT2D eigenvalue weighted by Gasteiger charge is 2.20. The van der Waals surface area contributed by atoms with Crippen molar-refractivity contribution in [1.29, 1.82) is 0 Å². The molecule has 1 aliphatic rings. The number of hydrogen-bond acceptors (Lipinski definition) is 4. The first-order valence-electron chi connectivity index (χ1n) is 11.9. The van der Waals surface area contributed by atoms with E-state index in [2.05, 4.69) is 41.2 Å². The molecule has 0 unspecified atom stereocenters. The number of aryl methyl sites for hydroxylation is 1. The molecule has 3 heterocycles. The molecule has 5 nitrogen and oxygen atoms in total. The number of likely N-dealkylation sites (N-methyl/N-ethyl adjacent to an activating group) is 1. The Labute approximate surface area is 195 Å². The van der Waals surface area contributed by atoms with Gasteiger partial charge in [-0.3, -0.25) is 9.78 Å². The summed E-state index contributed by atoms with van der Waals surface area (Å²) in [4.78, 5) is 21.8. The largest absolute Gasteiger partial charge is 0.461 e. The zero-order valence-corrected chi connectivity index (χ0v) is 19.5. The van der Waals surface area contributed by atoms with Gasteiger partial charge in [-0.05, 0) is 75.5 Å². The Hall–Kier alpha value is -3.18. The van der Waals surface area contributed by atoms with Gasteiger partial charge in [0.2, 0.25) is 0 Å². The number of hydrogen-bond donors (Lipinski definition) is 0. The number of pyridine rings is 1. The molecule has 0 saturated carbocycles. The van der Waals surface area contributed by atoms with Crippen molar-refractivity contribution in [2.75, 3.05) is 26.7 Å². The highest BCUT2D eigenvalue weighted by Crippen LogP contribution is 2.28. The summed E-state index contributed by atoms with van der Waals surface area (Å²) >= 11 is 0. The van der Waals surface area contributed by atoms with Crippen LogP contribution in [0.25, 0.3) is 21.9 Å². The second kappa shape index (κ2) is 9.36. The van der Waals surface area contributed by atoms with E-state index in [4.69, 9.17) is 4.42 Å². The number of carbonyl (C=O) groups is 1. The zero-order chi connectivity index (χ0) is 22.8. The quantitative estimate of drug-likeness (QED) is 0.391. The van der Waals surface area contributed by atoms with Gasteiger partial charge in [0.05, 0.1) is 5.52 Å². The molecule has 5 rings (SSSR count). The summed E-state index contributed by atoms with van der Waals surface area (Å²) < 4.78 is 6.04. The first-order chi connectivity index (χ1) is 16.1.